The number of rotatable bonds is 6. The first-order chi connectivity index (χ1) is 17.5. The number of carbonyl (C=O) groups excluding carboxylic acids is 1. The molecule has 186 valence electrons. The number of ether oxygens (including phenoxy) is 1. The first-order valence-corrected chi connectivity index (χ1v) is 13.4. The average molecular weight is 521 g/mol. The molecule has 36 heavy (non-hydrogen) atoms. The Morgan fingerprint density at radius 2 is 1.97 bits per heavy atom. The second kappa shape index (κ2) is 10.4. The van der Waals surface area contributed by atoms with E-state index in [2.05, 4.69) is 11.8 Å². The van der Waals surface area contributed by atoms with Gasteiger partial charge in [0.1, 0.15) is 21.5 Å². The number of fused-ring (bicyclic) bond motifs is 1. The molecule has 2 saturated heterocycles. The number of amides is 1. The summed E-state index contributed by atoms with van der Waals surface area (Å²) in [7, 11) is 1.62. The average Bonchev–Trinajstić information content (AvgIpc) is 3.17. The van der Waals surface area contributed by atoms with Gasteiger partial charge in [-0.1, -0.05) is 49.1 Å². The number of anilines is 1. The maximum Gasteiger partial charge on any atom is 0.267 e. The summed E-state index contributed by atoms with van der Waals surface area (Å²) in [6, 6.07) is 13.4. The number of piperidine rings is 1. The number of thiocarbonyl (C=S) groups is 1. The van der Waals surface area contributed by atoms with Crippen molar-refractivity contribution in [3.8, 4) is 5.75 Å². The molecule has 1 aromatic carbocycles. The number of pyridine rings is 1. The van der Waals surface area contributed by atoms with Crippen LogP contribution in [-0.4, -0.2) is 44.2 Å². The van der Waals surface area contributed by atoms with Crippen molar-refractivity contribution in [3.63, 3.8) is 0 Å². The van der Waals surface area contributed by atoms with Gasteiger partial charge >= 0.3 is 0 Å². The Morgan fingerprint density at radius 1 is 1.17 bits per heavy atom. The fourth-order valence-corrected chi connectivity index (χ4v) is 6.06. The zero-order chi connectivity index (χ0) is 25.2. The molecule has 2 fully saturated rings. The van der Waals surface area contributed by atoms with Gasteiger partial charge in [0.25, 0.3) is 11.5 Å². The lowest BCUT2D eigenvalue weighted by Crippen LogP contribution is -2.41. The zero-order valence-electron chi connectivity index (χ0n) is 20.3. The number of thioether (sulfide) groups is 1. The molecule has 9 heteroatoms. The van der Waals surface area contributed by atoms with Crippen molar-refractivity contribution < 1.29 is 9.53 Å². The summed E-state index contributed by atoms with van der Waals surface area (Å²) in [4.78, 5) is 36.3. The first-order valence-electron chi connectivity index (χ1n) is 12.2. The van der Waals surface area contributed by atoms with Crippen LogP contribution in [0, 0.1) is 0 Å². The number of methoxy groups -OCH3 is 1. The van der Waals surface area contributed by atoms with Crippen molar-refractivity contribution >= 4 is 51.7 Å². The lowest BCUT2D eigenvalue weighted by molar-refractivity contribution is -0.122. The molecule has 0 radical (unpaired) electrons. The number of hydrogen-bond acceptors (Lipinski definition) is 7. The van der Waals surface area contributed by atoms with Crippen LogP contribution in [0.5, 0.6) is 5.75 Å². The van der Waals surface area contributed by atoms with Gasteiger partial charge in [-0.05, 0) is 61.6 Å². The number of carbonyl (C=O) groups is 1. The summed E-state index contributed by atoms with van der Waals surface area (Å²) in [5.74, 6) is 1.21. The SMILES string of the molecule is CCC1CCCCN1c1nc2ccccn2c(=O)c1C=C1SC(=S)N(Cc2ccc(OC)cc2)C1=O. The summed E-state index contributed by atoms with van der Waals surface area (Å²) in [5.41, 5.74) is 1.79. The molecule has 2 aliphatic rings. The Labute approximate surface area is 219 Å². The summed E-state index contributed by atoms with van der Waals surface area (Å²) in [6.07, 6.45) is 7.67. The summed E-state index contributed by atoms with van der Waals surface area (Å²) in [6.45, 7) is 3.37. The van der Waals surface area contributed by atoms with E-state index < -0.39 is 0 Å². The van der Waals surface area contributed by atoms with Crippen LogP contribution in [0.15, 0.2) is 58.4 Å². The zero-order valence-corrected chi connectivity index (χ0v) is 22.0. The van der Waals surface area contributed by atoms with E-state index in [-0.39, 0.29) is 11.5 Å². The van der Waals surface area contributed by atoms with Crippen molar-refractivity contribution in [3.05, 3.63) is 75.0 Å². The number of nitrogens with zero attached hydrogens (tertiary/aromatic N) is 4. The molecule has 0 bridgehead atoms. The van der Waals surface area contributed by atoms with Gasteiger partial charge in [0, 0.05) is 18.8 Å². The molecule has 0 saturated carbocycles. The highest BCUT2D eigenvalue weighted by molar-refractivity contribution is 8.26. The monoisotopic (exact) mass is 520 g/mol. The van der Waals surface area contributed by atoms with Crippen molar-refractivity contribution in [1.29, 1.82) is 0 Å². The van der Waals surface area contributed by atoms with E-state index in [9.17, 15) is 9.59 Å². The third kappa shape index (κ3) is 4.65. The van der Waals surface area contributed by atoms with E-state index in [4.69, 9.17) is 21.9 Å². The Bertz CT molecular complexity index is 1400. The predicted molar refractivity (Wildman–Crippen MR) is 148 cm³/mol. The van der Waals surface area contributed by atoms with E-state index in [1.165, 1.54) is 18.2 Å². The highest BCUT2D eigenvalue weighted by Gasteiger charge is 2.33. The van der Waals surface area contributed by atoms with Crippen LogP contribution >= 0.6 is 24.0 Å². The highest BCUT2D eigenvalue weighted by Crippen LogP contribution is 2.35. The number of aromatic nitrogens is 2. The smallest absolute Gasteiger partial charge is 0.267 e. The summed E-state index contributed by atoms with van der Waals surface area (Å²) < 4.78 is 7.24. The fraction of sp³-hybridized carbons (Fsp3) is 0.333. The van der Waals surface area contributed by atoms with Crippen molar-refractivity contribution in [2.75, 3.05) is 18.6 Å². The molecule has 2 aliphatic heterocycles. The minimum Gasteiger partial charge on any atom is -0.497 e. The Balaban J connectivity index is 1.54. The first kappa shape index (κ1) is 24.5. The fourth-order valence-electron chi connectivity index (χ4n) is 4.82. The van der Waals surface area contributed by atoms with E-state index in [1.54, 1.807) is 28.7 Å². The quantitative estimate of drug-likeness (QED) is 0.339. The van der Waals surface area contributed by atoms with Crippen molar-refractivity contribution in [2.24, 2.45) is 0 Å². The molecule has 1 unspecified atom stereocenters. The Hall–Kier alpha value is -3.17. The van der Waals surface area contributed by atoms with Crippen LogP contribution in [0.2, 0.25) is 0 Å². The minimum atomic E-state index is -0.199. The van der Waals surface area contributed by atoms with Crippen LogP contribution in [0.3, 0.4) is 0 Å². The normalized spacial score (nSPS) is 19.5. The van der Waals surface area contributed by atoms with Crippen LogP contribution in [0.25, 0.3) is 11.7 Å². The summed E-state index contributed by atoms with van der Waals surface area (Å²) >= 11 is 6.79. The molecule has 7 nitrogen and oxygen atoms in total. The van der Waals surface area contributed by atoms with Gasteiger partial charge in [0.05, 0.1) is 24.1 Å². The van der Waals surface area contributed by atoms with Crippen LogP contribution in [0.4, 0.5) is 5.82 Å². The second-order valence-electron chi connectivity index (χ2n) is 8.95. The van der Waals surface area contributed by atoms with Gasteiger partial charge in [-0.2, -0.15) is 0 Å². The van der Waals surface area contributed by atoms with E-state index in [0.717, 1.165) is 37.1 Å². The maximum atomic E-state index is 13.7. The van der Waals surface area contributed by atoms with Gasteiger partial charge in [0.15, 0.2) is 0 Å². The lowest BCUT2D eigenvalue weighted by atomic mass is 9.99. The molecule has 2 aromatic heterocycles. The molecule has 4 heterocycles. The third-order valence-electron chi connectivity index (χ3n) is 6.77. The second-order valence-corrected chi connectivity index (χ2v) is 10.6. The van der Waals surface area contributed by atoms with Crippen LogP contribution < -0.4 is 15.2 Å². The molecule has 0 N–H and O–H groups in total. The Kier molecular flexibility index (Phi) is 7.11. The molecule has 5 rings (SSSR count). The van der Waals surface area contributed by atoms with Gasteiger partial charge in [-0.3, -0.25) is 18.9 Å². The third-order valence-corrected chi connectivity index (χ3v) is 8.15. The van der Waals surface area contributed by atoms with Gasteiger partial charge in [0.2, 0.25) is 0 Å². The molecule has 0 aliphatic carbocycles. The molecule has 1 amide bonds. The Morgan fingerprint density at radius 3 is 2.72 bits per heavy atom. The van der Waals surface area contributed by atoms with E-state index >= 15 is 0 Å². The molecular weight excluding hydrogens is 492 g/mol. The van der Waals surface area contributed by atoms with Crippen molar-refractivity contribution in [2.45, 2.75) is 45.2 Å². The number of hydrogen-bond donors (Lipinski definition) is 0. The minimum absolute atomic E-state index is 0.184. The van der Waals surface area contributed by atoms with Crippen LogP contribution in [-0.2, 0) is 11.3 Å². The largest absolute Gasteiger partial charge is 0.497 e. The molecular formula is C27H28N4O3S2. The van der Waals surface area contributed by atoms with Gasteiger partial charge in [-0.25, -0.2) is 4.98 Å². The predicted octanol–water partition coefficient (Wildman–Crippen LogP) is 4.87. The number of benzene rings is 1. The van der Waals surface area contributed by atoms with Gasteiger partial charge < -0.3 is 9.64 Å². The topological polar surface area (TPSA) is 67.2 Å². The van der Waals surface area contributed by atoms with E-state index in [0.29, 0.717) is 38.8 Å². The standard InChI is InChI=1S/C27H28N4O3S2/c1-3-19-8-4-6-14-29(19)24-21(25(32)30-15-7-5-9-23(30)28-24)16-22-26(33)31(27(35)36-22)17-18-10-12-20(34-2)13-11-18/h5,7,9-13,15-16,19H,3-4,6,8,14,17H2,1-2H3. The molecule has 0 spiro atoms. The van der Waals surface area contributed by atoms with Crippen LogP contribution in [0.1, 0.15) is 43.7 Å². The van der Waals surface area contributed by atoms with Crippen molar-refractivity contribution in [1.82, 2.24) is 14.3 Å². The van der Waals surface area contributed by atoms with Gasteiger partial charge in [-0.15, -0.1) is 0 Å². The maximum absolute atomic E-state index is 13.7. The summed E-state index contributed by atoms with van der Waals surface area (Å²) in [5, 5.41) is 0. The highest BCUT2D eigenvalue weighted by atomic mass is 32.2. The van der Waals surface area contributed by atoms with E-state index in [1.807, 2.05) is 42.5 Å². The molecule has 1 atom stereocenters. The lowest BCUT2D eigenvalue weighted by Gasteiger charge is -2.37. The molecule has 3 aromatic rings.